The topological polar surface area (TPSA) is 84.9 Å². The Balaban J connectivity index is 1.64. The first kappa shape index (κ1) is 17.5. The molecule has 2 aromatic heterocycles. The third-order valence-corrected chi connectivity index (χ3v) is 5.48. The van der Waals surface area contributed by atoms with Crippen LogP contribution in [0, 0.1) is 0 Å². The first-order valence-corrected chi connectivity index (χ1v) is 10.3. The lowest BCUT2D eigenvalue weighted by atomic mass is 10.3. The van der Waals surface area contributed by atoms with Crippen LogP contribution in [0.4, 0.5) is 0 Å². The van der Waals surface area contributed by atoms with Crippen molar-refractivity contribution in [1.29, 1.82) is 0 Å². The van der Waals surface area contributed by atoms with Gasteiger partial charge in [0.15, 0.2) is 15.7 Å². The fourth-order valence-corrected chi connectivity index (χ4v) is 3.98. The van der Waals surface area contributed by atoms with Gasteiger partial charge in [0.25, 0.3) is 0 Å². The number of ether oxygens (including phenoxy) is 1. The molecule has 0 amide bonds. The maximum absolute atomic E-state index is 11.6. The standard InChI is InChI=1S/C19H14ClN3O3S/c1-27(24,25)18-8-6-12(10-14(18)20)26-13-5-7-15-17(11-13)23-19(22-15)16-4-2-3-9-21-16/h2-11H,1H3,(H,22,23). The average molecular weight is 400 g/mol. The van der Waals surface area contributed by atoms with Gasteiger partial charge in [-0.2, -0.15) is 0 Å². The second-order valence-corrected chi connectivity index (χ2v) is 8.34. The summed E-state index contributed by atoms with van der Waals surface area (Å²) in [5.74, 6) is 1.68. The molecule has 1 N–H and O–H groups in total. The van der Waals surface area contributed by atoms with Gasteiger partial charge in [0.05, 0.1) is 21.0 Å². The molecule has 0 saturated carbocycles. The molecule has 4 rings (SSSR count). The Kier molecular flexibility index (Phi) is 4.33. The Morgan fingerprint density at radius 1 is 1.04 bits per heavy atom. The number of nitrogens with zero attached hydrogens (tertiary/aromatic N) is 2. The van der Waals surface area contributed by atoms with Crippen LogP contribution < -0.4 is 4.74 Å². The molecule has 0 radical (unpaired) electrons. The number of aromatic nitrogens is 3. The van der Waals surface area contributed by atoms with Crippen LogP contribution in [0.2, 0.25) is 5.02 Å². The van der Waals surface area contributed by atoms with Gasteiger partial charge >= 0.3 is 0 Å². The number of hydrogen-bond acceptors (Lipinski definition) is 5. The predicted molar refractivity (Wildman–Crippen MR) is 104 cm³/mol. The van der Waals surface area contributed by atoms with Crippen LogP contribution >= 0.6 is 11.6 Å². The fraction of sp³-hybridized carbons (Fsp3) is 0.0526. The molecule has 0 bridgehead atoms. The number of fused-ring (bicyclic) bond motifs is 1. The first-order valence-electron chi connectivity index (χ1n) is 7.99. The molecule has 0 fully saturated rings. The van der Waals surface area contributed by atoms with Gasteiger partial charge in [-0.15, -0.1) is 0 Å². The lowest BCUT2D eigenvalue weighted by Gasteiger charge is -2.08. The molecule has 2 heterocycles. The van der Waals surface area contributed by atoms with Crippen LogP contribution in [0.3, 0.4) is 0 Å². The smallest absolute Gasteiger partial charge is 0.176 e. The van der Waals surface area contributed by atoms with Crippen molar-refractivity contribution in [2.45, 2.75) is 4.90 Å². The number of rotatable bonds is 4. The summed E-state index contributed by atoms with van der Waals surface area (Å²) in [5.41, 5.74) is 2.33. The second-order valence-electron chi connectivity index (χ2n) is 5.95. The maximum atomic E-state index is 11.6. The molecule has 27 heavy (non-hydrogen) atoms. The van der Waals surface area contributed by atoms with Crippen molar-refractivity contribution < 1.29 is 13.2 Å². The zero-order valence-corrected chi connectivity index (χ0v) is 15.8. The molecule has 6 nitrogen and oxygen atoms in total. The van der Waals surface area contributed by atoms with E-state index in [9.17, 15) is 8.42 Å². The van der Waals surface area contributed by atoms with E-state index in [-0.39, 0.29) is 9.92 Å². The quantitative estimate of drug-likeness (QED) is 0.547. The van der Waals surface area contributed by atoms with E-state index in [1.165, 1.54) is 12.1 Å². The van der Waals surface area contributed by atoms with Gasteiger partial charge < -0.3 is 9.72 Å². The Morgan fingerprint density at radius 2 is 1.81 bits per heavy atom. The van der Waals surface area contributed by atoms with Crippen molar-refractivity contribution >= 4 is 32.5 Å². The third-order valence-electron chi connectivity index (χ3n) is 3.90. The average Bonchev–Trinajstić information content (AvgIpc) is 3.05. The van der Waals surface area contributed by atoms with Gasteiger partial charge in [0, 0.05) is 24.6 Å². The number of pyridine rings is 1. The fourth-order valence-electron chi connectivity index (χ4n) is 2.66. The number of aromatic amines is 1. The summed E-state index contributed by atoms with van der Waals surface area (Å²) < 4.78 is 29.1. The van der Waals surface area contributed by atoms with Crippen molar-refractivity contribution in [3.05, 3.63) is 65.8 Å². The first-order chi connectivity index (χ1) is 12.9. The number of halogens is 1. The maximum Gasteiger partial charge on any atom is 0.176 e. The molecule has 0 aliphatic heterocycles. The van der Waals surface area contributed by atoms with Crippen molar-refractivity contribution in [3.8, 4) is 23.0 Å². The van der Waals surface area contributed by atoms with Gasteiger partial charge in [0.1, 0.15) is 17.2 Å². The predicted octanol–water partition coefficient (Wildman–Crippen LogP) is 4.47. The minimum Gasteiger partial charge on any atom is -0.457 e. The zero-order chi connectivity index (χ0) is 19.0. The van der Waals surface area contributed by atoms with Gasteiger partial charge in [0.2, 0.25) is 0 Å². The molecule has 136 valence electrons. The summed E-state index contributed by atoms with van der Waals surface area (Å²) in [5, 5.41) is 0.120. The summed E-state index contributed by atoms with van der Waals surface area (Å²) in [7, 11) is -3.38. The van der Waals surface area contributed by atoms with Gasteiger partial charge in [-0.25, -0.2) is 13.4 Å². The van der Waals surface area contributed by atoms with Crippen LogP contribution in [-0.4, -0.2) is 29.6 Å². The monoisotopic (exact) mass is 399 g/mol. The molecule has 4 aromatic rings. The van der Waals surface area contributed by atoms with E-state index >= 15 is 0 Å². The SMILES string of the molecule is CS(=O)(=O)c1ccc(Oc2ccc3nc(-c4ccccn4)[nH]c3c2)cc1Cl. The Bertz CT molecular complexity index is 1240. The highest BCUT2D eigenvalue weighted by molar-refractivity contribution is 7.90. The molecule has 8 heteroatoms. The van der Waals surface area contributed by atoms with E-state index in [2.05, 4.69) is 15.0 Å². The summed E-state index contributed by atoms with van der Waals surface area (Å²) in [4.78, 5) is 12.1. The van der Waals surface area contributed by atoms with Crippen LogP contribution in [0.5, 0.6) is 11.5 Å². The third kappa shape index (κ3) is 3.65. The van der Waals surface area contributed by atoms with Gasteiger partial charge in [-0.3, -0.25) is 4.98 Å². The lowest BCUT2D eigenvalue weighted by Crippen LogP contribution is -1.98. The number of nitrogens with one attached hydrogen (secondary N) is 1. The Morgan fingerprint density at radius 3 is 2.52 bits per heavy atom. The Hall–Kier alpha value is -2.90. The molecular weight excluding hydrogens is 386 g/mol. The Labute approximate surface area is 160 Å². The zero-order valence-electron chi connectivity index (χ0n) is 14.2. The van der Waals surface area contributed by atoms with E-state index in [1.54, 1.807) is 18.3 Å². The highest BCUT2D eigenvalue weighted by Gasteiger charge is 2.13. The summed E-state index contributed by atoms with van der Waals surface area (Å²) in [6.07, 6.45) is 2.82. The van der Waals surface area contributed by atoms with Crippen LogP contribution in [0.1, 0.15) is 0 Å². The minimum absolute atomic E-state index is 0.0699. The van der Waals surface area contributed by atoms with Crippen molar-refractivity contribution in [3.63, 3.8) is 0 Å². The second kappa shape index (κ2) is 6.68. The summed E-state index contributed by atoms with van der Waals surface area (Å²) in [6.45, 7) is 0. The molecule has 0 saturated heterocycles. The number of H-pyrrole nitrogens is 1. The normalized spacial score (nSPS) is 11.6. The number of sulfone groups is 1. The minimum atomic E-state index is -3.38. The van der Waals surface area contributed by atoms with Crippen LogP contribution in [-0.2, 0) is 9.84 Å². The lowest BCUT2D eigenvalue weighted by molar-refractivity contribution is 0.483. The van der Waals surface area contributed by atoms with Gasteiger partial charge in [-0.05, 0) is 36.4 Å². The number of benzene rings is 2. The van der Waals surface area contributed by atoms with Gasteiger partial charge in [-0.1, -0.05) is 17.7 Å². The van der Waals surface area contributed by atoms with Crippen molar-refractivity contribution in [2.75, 3.05) is 6.26 Å². The van der Waals surface area contributed by atoms with E-state index in [4.69, 9.17) is 16.3 Å². The van der Waals surface area contributed by atoms with E-state index < -0.39 is 9.84 Å². The highest BCUT2D eigenvalue weighted by Crippen LogP contribution is 2.30. The number of hydrogen-bond donors (Lipinski definition) is 1. The molecule has 0 aliphatic carbocycles. The molecule has 0 spiro atoms. The molecule has 0 unspecified atom stereocenters. The summed E-state index contributed by atoms with van der Waals surface area (Å²) in [6, 6.07) is 15.5. The van der Waals surface area contributed by atoms with Crippen molar-refractivity contribution in [1.82, 2.24) is 15.0 Å². The highest BCUT2D eigenvalue weighted by atomic mass is 35.5. The van der Waals surface area contributed by atoms with E-state index in [0.717, 1.165) is 23.0 Å². The largest absolute Gasteiger partial charge is 0.457 e. The van der Waals surface area contributed by atoms with E-state index in [1.807, 2.05) is 30.3 Å². The van der Waals surface area contributed by atoms with E-state index in [0.29, 0.717) is 17.3 Å². The molecular formula is C19H14ClN3O3S. The number of imidazole rings is 1. The van der Waals surface area contributed by atoms with Crippen LogP contribution in [0.15, 0.2) is 65.7 Å². The van der Waals surface area contributed by atoms with Crippen molar-refractivity contribution in [2.24, 2.45) is 0 Å². The molecule has 0 aliphatic rings. The molecule has 0 atom stereocenters. The summed E-state index contributed by atoms with van der Waals surface area (Å²) >= 11 is 6.06. The van der Waals surface area contributed by atoms with Crippen LogP contribution in [0.25, 0.3) is 22.6 Å². The molecule has 2 aromatic carbocycles.